The number of aromatic nitrogens is 4. The van der Waals surface area contributed by atoms with Gasteiger partial charge in [0, 0.05) is 37.4 Å². The minimum absolute atomic E-state index is 0.0660. The van der Waals surface area contributed by atoms with Crippen LogP contribution in [0.25, 0.3) is 5.78 Å². The lowest BCUT2D eigenvalue weighted by atomic mass is 10.1. The predicted octanol–water partition coefficient (Wildman–Crippen LogP) is 1.11. The first kappa shape index (κ1) is 15.5. The molecule has 1 aliphatic heterocycles. The fraction of sp³-hybridized carbons (Fsp3) is 0.600. The Kier molecular flexibility index (Phi) is 4.59. The second-order valence-corrected chi connectivity index (χ2v) is 5.89. The maximum atomic E-state index is 11.7. The largest absolute Gasteiger partial charge is 0.356 e. The first-order valence-corrected chi connectivity index (χ1v) is 8.14. The number of anilines is 1. The summed E-state index contributed by atoms with van der Waals surface area (Å²) in [6.07, 6.45) is 4.30. The summed E-state index contributed by atoms with van der Waals surface area (Å²) < 4.78 is 1.77. The summed E-state index contributed by atoms with van der Waals surface area (Å²) in [5.74, 6) is 1.64. The van der Waals surface area contributed by atoms with E-state index in [0.717, 1.165) is 43.9 Å². The van der Waals surface area contributed by atoms with Crippen LogP contribution in [-0.4, -0.2) is 51.3 Å². The minimum atomic E-state index is -0.0660. The van der Waals surface area contributed by atoms with Gasteiger partial charge >= 0.3 is 6.03 Å². The van der Waals surface area contributed by atoms with E-state index in [4.69, 9.17) is 0 Å². The number of hydrogen-bond donors (Lipinski definition) is 2. The zero-order valence-corrected chi connectivity index (χ0v) is 13.6. The van der Waals surface area contributed by atoms with Crippen molar-refractivity contribution in [2.24, 2.45) is 0 Å². The summed E-state index contributed by atoms with van der Waals surface area (Å²) in [6.45, 7) is 6.46. The molecule has 0 atom stereocenters. The van der Waals surface area contributed by atoms with Crippen LogP contribution in [0.4, 0.5) is 10.6 Å². The van der Waals surface area contributed by atoms with E-state index in [1.54, 1.807) is 4.52 Å². The number of nitrogens with zero attached hydrogens (tertiary/aromatic N) is 5. The highest BCUT2D eigenvalue weighted by molar-refractivity contribution is 5.74. The molecule has 2 N–H and O–H groups in total. The van der Waals surface area contributed by atoms with Crippen LogP contribution in [0.2, 0.25) is 0 Å². The summed E-state index contributed by atoms with van der Waals surface area (Å²) in [7, 11) is 0. The number of urea groups is 1. The van der Waals surface area contributed by atoms with E-state index in [-0.39, 0.29) is 12.1 Å². The van der Waals surface area contributed by atoms with Gasteiger partial charge < -0.3 is 15.5 Å². The summed E-state index contributed by atoms with van der Waals surface area (Å²) in [4.78, 5) is 22.6. The second kappa shape index (κ2) is 6.80. The SMILES string of the molecule is CCCNC(=O)NC1CCN(c2cc(C)nc3ncnn23)CC1. The van der Waals surface area contributed by atoms with Crippen LogP contribution in [0.3, 0.4) is 0 Å². The zero-order valence-electron chi connectivity index (χ0n) is 13.6. The van der Waals surface area contributed by atoms with Crippen molar-refractivity contribution in [3.63, 3.8) is 0 Å². The van der Waals surface area contributed by atoms with Gasteiger partial charge in [-0.05, 0) is 26.2 Å². The number of fused-ring (bicyclic) bond motifs is 1. The van der Waals surface area contributed by atoms with Gasteiger partial charge in [0.25, 0.3) is 5.78 Å². The number of carbonyl (C=O) groups excluding carboxylic acids is 1. The standard InChI is InChI=1S/C15H23N7O/c1-3-6-16-15(23)20-12-4-7-21(8-5-12)13-9-11(2)19-14-17-10-18-22(13)14/h9-10,12H,3-8H2,1-2H3,(H2,16,20,23). The molecule has 0 saturated carbocycles. The molecule has 3 heterocycles. The highest BCUT2D eigenvalue weighted by Crippen LogP contribution is 2.20. The Morgan fingerprint density at radius 1 is 1.39 bits per heavy atom. The molecule has 8 heteroatoms. The number of amides is 2. The lowest BCUT2D eigenvalue weighted by molar-refractivity contribution is 0.234. The van der Waals surface area contributed by atoms with E-state index in [9.17, 15) is 4.79 Å². The van der Waals surface area contributed by atoms with Crippen molar-refractivity contribution in [1.29, 1.82) is 0 Å². The third-order valence-electron chi connectivity index (χ3n) is 4.05. The van der Waals surface area contributed by atoms with Gasteiger partial charge in [0.1, 0.15) is 12.1 Å². The predicted molar refractivity (Wildman–Crippen MR) is 87.6 cm³/mol. The molecule has 0 bridgehead atoms. The van der Waals surface area contributed by atoms with Crippen LogP contribution in [0.15, 0.2) is 12.4 Å². The fourth-order valence-corrected chi connectivity index (χ4v) is 2.86. The molecule has 0 spiro atoms. The smallest absolute Gasteiger partial charge is 0.315 e. The van der Waals surface area contributed by atoms with Gasteiger partial charge in [0.2, 0.25) is 0 Å². The van der Waals surface area contributed by atoms with Gasteiger partial charge in [-0.25, -0.2) is 9.78 Å². The lowest BCUT2D eigenvalue weighted by Crippen LogP contribution is -2.48. The topological polar surface area (TPSA) is 87.5 Å². The van der Waals surface area contributed by atoms with Crippen LogP contribution >= 0.6 is 0 Å². The van der Waals surface area contributed by atoms with Crippen molar-refractivity contribution >= 4 is 17.6 Å². The molecule has 2 amide bonds. The molecule has 0 unspecified atom stereocenters. The number of nitrogens with one attached hydrogen (secondary N) is 2. The van der Waals surface area contributed by atoms with E-state index in [1.165, 1.54) is 6.33 Å². The van der Waals surface area contributed by atoms with E-state index in [2.05, 4.69) is 30.6 Å². The zero-order chi connectivity index (χ0) is 16.2. The molecule has 1 aliphatic rings. The van der Waals surface area contributed by atoms with Gasteiger partial charge in [-0.2, -0.15) is 14.6 Å². The molecule has 2 aromatic heterocycles. The van der Waals surface area contributed by atoms with Crippen LogP contribution < -0.4 is 15.5 Å². The Hall–Kier alpha value is -2.38. The highest BCUT2D eigenvalue weighted by atomic mass is 16.2. The van der Waals surface area contributed by atoms with Gasteiger partial charge in [0.15, 0.2) is 0 Å². The first-order chi connectivity index (χ1) is 11.2. The average molecular weight is 317 g/mol. The molecule has 8 nitrogen and oxygen atoms in total. The van der Waals surface area contributed by atoms with Gasteiger partial charge in [-0.3, -0.25) is 0 Å². The van der Waals surface area contributed by atoms with Crippen molar-refractivity contribution in [3.8, 4) is 0 Å². The molecule has 0 radical (unpaired) electrons. The van der Waals surface area contributed by atoms with Gasteiger partial charge in [-0.15, -0.1) is 0 Å². The summed E-state index contributed by atoms with van der Waals surface area (Å²) in [5, 5.41) is 10.2. The van der Waals surface area contributed by atoms with Crippen molar-refractivity contribution in [2.75, 3.05) is 24.5 Å². The third-order valence-corrected chi connectivity index (χ3v) is 4.05. The molecule has 1 saturated heterocycles. The van der Waals surface area contributed by atoms with E-state index in [0.29, 0.717) is 12.3 Å². The summed E-state index contributed by atoms with van der Waals surface area (Å²) >= 11 is 0. The molecule has 23 heavy (non-hydrogen) atoms. The molecule has 3 rings (SSSR count). The Labute approximate surface area is 135 Å². The van der Waals surface area contributed by atoms with Gasteiger partial charge in [0.05, 0.1) is 0 Å². The Morgan fingerprint density at radius 3 is 2.91 bits per heavy atom. The molecular weight excluding hydrogens is 294 g/mol. The number of carbonyl (C=O) groups is 1. The molecule has 2 aromatic rings. The first-order valence-electron chi connectivity index (χ1n) is 8.14. The molecule has 0 aliphatic carbocycles. The molecule has 1 fully saturated rings. The maximum absolute atomic E-state index is 11.7. The summed E-state index contributed by atoms with van der Waals surface area (Å²) in [5.41, 5.74) is 0.930. The highest BCUT2D eigenvalue weighted by Gasteiger charge is 2.22. The van der Waals surface area contributed by atoms with Crippen molar-refractivity contribution in [3.05, 3.63) is 18.1 Å². The number of rotatable bonds is 4. The van der Waals surface area contributed by atoms with Crippen molar-refractivity contribution in [1.82, 2.24) is 30.2 Å². The molecule has 124 valence electrons. The Balaban J connectivity index is 1.62. The molecule has 0 aromatic carbocycles. The Morgan fingerprint density at radius 2 is 2.17 bits per heavy atom. The van der Waals surface area contributed by atoms with Crippen molar-refractivity contribution < 1.29 is 4.79 Å². The van der Waals surface area contributed by atoms with Crippen LogP contribution in [0.5, 0.6) is 0 Å². The molecular formula is C15H23N7O. The summed E-state index contributed by atoms with van der Waals surface area (Å²) in [6, 6.07) is 2.18. The average Bonchev–Trinajstić information content (AvgIpc) is 3.01. The lowest BCUT2D eigenvalue weighted by Gasteiger charge is -2.33. The van der Waals surface area contributed by atoms with Crippen LogP contribution in [0.1, 0.15) is 31.9 Å². The van der Waals surface area contributed by atoms with E-state index < -0.39 is 0 Å². The number of aryl methyl sites for hydroxylation is 1. The third kappa shape index (κ3) is 3.52. The normalized spacial score (nSPS) is 15.8. The Bertz CT molecular complexity index is 676. The second-order valence-electron chi connectivity index (χ2n) is 5.89. The van der Waals surface area contributed by atoms with E-state index in [1.807, 2.05) is 19.9 Å². The monoisotopic (exact) mass is 317 g/mol. The maximum Gasteiger partial charge on any atom is 0.315 e. The van der Waals surface area contributed by atoms with Crippen LogP contribution in [-0.2, 0) is 0 Å². The van der Waals surface area contributed by atoms with E-state index >= 15 is 0 Å². The quantitative estimate of drug-likeness (QED) is 0.882. The number of hydrogen-bond acceptors (Lipinski definition) is 5. The fourth-order valence-electron chi connectivity index (χ4n) is 2.86. The van der Waals surface area contributed by atoms with Crippen molar-refractivity contribution in [2.45, 2.75) is 39.2 Å². The number of piperidine rings is 1. The van der Waals surface area contributed by atoms with Gasteiger partial charge in [-0.1, -0.05) is 6.92 Å². The van der Waals surface area contributed by atoms with Crippen LogP contribution in [0, 0.1) is 6.92 Å². The minimum Gasteiger partial charge on any atom is -0.356 e.